The number of aliphatic hydroxyl groups is 1. The molecule has 3 nitrogen and oxygen atoms in total. The first kappa shape index (κ1) is 14.1. The quantitative estimate of drug-likeness (QED) is 0.774. The molecule has 3 heteroatoms. The number of fused-ring (bicyclic) bond motifs is 1. The van der Waals surface area contributed by atoms with Gasteiger partial charge in [0, 0.05) is 11.5 Å². The Labute approximate surface area is 121 Å². The Kier molecular flexibility index (Phi) is 3.64. The fourth-order valence-corrected chi connectivity index (χ4v) is 4.84. The van der Waals surface area contributed by atoms with Crippen molar-refractivity contribution in [1.29, 1.82) is 5.26 Å². The van der Waals surface area contributed by atoms with Gasteiger partial charge in [-0.15, -0.1) is 0 Å². The minimum absolute atomic E-state index is 0.108. The summed E-state index contributed by atoms with van der Waals surface area (Å²) < 4.78 is 0. The molecule has 0 radical (unpaired) electrons. The maximum Gasteiger partial charge on any atom is 0.0662 e. The molecule has 3 saturated carbocycles. The zero-order chi connectivity index (χ0) is 14.3. The minimum atomic E-state index is -0.178. The molecule has 110 valence electrons. The molecule has 0 aromatic rings. The molecule has 0 saturated heterocycles. The Morgan fingerprint density at radius 3 is 2.65 bits per heavy atom. The van der Waals surface area contributed by atoms with Gasteiger partial charge in [0.1, 0.15) is 0 Å². The predicted octanol–water partition coefficient (Wildman–Crippen LogP) is 2.61. The van der Waals surface area contributed by atoms with Crippen LogP contribution in [0.1, 0.15) is 44.9 Å². The molecule has 2 unspecified atom stereocenters. The highest BCUT2D eigenvalue weighted by Crippen LogP contribution is 2.61. The number of nitrogens with zero attached hydrogens (tertiary/aromatic N) is 1. The van der Waals surface area contributed by atoms with Crippen molar-refractivity contribution in [1.82, 2.24) is 0 Å². The standard InChI is InChI=1S/C17H26N2O/c1-11(15-13(9-18)7-12-8-14(12)15)16(19)17(10-20)5-3-2-4-6-17/h12-16,20H,1-8,10,19H2/t12?,13-,14-,15?,16+/m0/s1. The molecule has 3 rings (SSSR count). The molecular formula is C17H26N2O. The van der Waals surface area contributed by atoms with E-state index >= 15 is 0 Å². The van der Waals surface area contributed by atoms with Gasteiger partial charge in [-0.3, -0.25) is 0 Å². The number of nitrogens with two attached hydrogens (primary N) is 1. The summed E-state index contributed by atoms with van der Waals surface area (Å²) in [6.45, 7) is 4.45. The van der Waals surface area contributed by atoms with E-state index in [2.05, 4.69) is 12.6 Å². The van der Waals surface area contributed by atoms with Crippen molar-refractivity contribution in [2.24, 2.45) is 34.8 Å². The number of rotatable bonds is 4. The molecule has 0 bridgehead atoms. The second-order valence-corrected chi connectivity index (χ2v) is 7.29. The van der Waals surface area contributed by atoms with Crippen molar-refractivity contribution in [2.75, 3.05) is 6.61 Å². The van der Waals surface area contributed by atoms with Crippen molar-refractivity contribution in [2.45, 2.75) is 51.0 Å². The lowest BCUT2D eigenvalue weighted by Crippen LogP contribution is -2.48. The highest BCUT2D eigenvalue weighted by Gasteiger charge is 2.56. The first-order valence-corrected chi connectivity index (χ1v) is 8.08. The Balaban J connectivity index is 1.77. The van der Waals surface area contributed by atoms with E-state index in [0.29, 0.717) is 5.92 Å². The first-order chi connectivity index (χ1) is 9.63. The van der Waals surface area contributed by atoms with Crippen LogP contribution in [-0.4, -0.2) is 17.8 Å². The van der Waals surface area contributed by atoms with Crippen LogP contribution in [0.3, 0.4) is 0 Å². The van der Waals surface area contributed by atoms with E-state index < -0.39 is 0 Å². The lowest BCUT2D eigenvalue weighted by molar-refractivity contribution is 0.0628. The molecule has 0 amide bonds. The van der Waals surface area contributed by atoms with Gasteiger partial charge in [-0.05, 0) is 43.4 Å². The number of hydrogen-bond donors (Lipinski definition) is 2. The van der Waals surface area contributed by atoms with Gasteiger partial charge in [0.2, 0.25) is 0 Å². The van der Waals surface area contributed by atoms with Crippen LogP contribution in [0.25, 0.3) is 0 Å². The van der Waals surface area contributed by atoms with Crippen molar-refractivity contribution in [3.8, 4) is 6.07 Å². The Hall–Kier alpha value is -0.850. The Morgan fingerprint density at radius 2 is 2.05 bits per heavy atom. The average Bonchev–Trinajstić information content (AvgIpc) is 3.17. The SMILES string of the molecule is C=C(C1[C@H]2CC2C[C@H]1C#N)[C@@H](N)C1(CO)CCCCC1. The van der Waals surface area contributed by atoms with E-state index in [1.54, 1.807) is 0 Å². The third-order valence-corrected chi connectivity index (χ3v) is 6.25. The average molecular weight is 274 g/mol. The molecule has 3 aliphatic carbocycles. The largest absolute Gasteiger partial charge is 0.396 e. The van der Waals surface area contributed by atoms with Crippen LogP contribution in [-0.2, 0) is 0 Å². The molecule has 0 aromatic heterocycles. The molecule has 0 heterocycles. The number of aliphatic hydroxyl groups excluding tert-OH is 1. The molecule has 5 atom stereocenters. The summed E-state index contributed by atoms with van der Waals surface area (Å²) in [6, 6.07) is 2.32. The summed E-state index contributed by atoms with van der Waals surface area (Å²) in [5.74, 6) is 1.78. The summed E-state index contributed by atoms with van der Waals surface area (Å²) in [5.41, 5.74) is 7.42. The molecule has 0 aromatic carbocycles. The van der Waals surface area contributed by atoms with Gasteiger partial charge in [0.25, 0.3) is 0 Å². The molecule has 0 spiro atoms. The van der Waals surface area contributed by atoms with Gasteiger partial charge in [-0.25, -0.2) is 0 Å². The topological polar surface area (TPSA) is 70.0 Å². The van der Waals surface area contributed by atoms with E-state index in [-0.39, 0.29) is 29.9 Å². The number of hydrogen-bond acceptors (Lipinski definition) is 3. The maximum absolute atomic E-state index is 9.92. The zero-order valence-electron chi connectivity index (χ0n) is 12.2. The van der Waals surface area contributed by atoms with Crippen LogP contribution >= 0.6 is 0 Å². The summed E-state index contributed by atoms with van der Waals surface area (Å²) in [6.07, 6.45) is 7.84. The predicted molar refractivity (Wildman–Crippen MR) is 78.5 cm³/mol. The number of nitriles is 1. The summed E-state index contributed by atoms with van der Waals surface area (Å²) >= 11 is 0. The monoisotopic (exact) mass is 274 g/mol. The Bertz CT molecular complexity index is 433. The lowest BCUT2D eigenvalue weighted by atomic mass is 9.65. The molecule has 3 fully saturated rings. The third kappa shape index (κ3) is 2.10. The van der Waals surface area contributed by atoms with Gasteiger partial charge < -0.3 is 10.8 Å². The van der Waals surface area contributed by atoms with Crippen molar-refractivity contribution >= 4 is 0 Å². The van der Waals surface area contributed by atoms with Gasteiger partial charge >= 0.3 is 0 Å². The smallest absolute Gasteiger partial charge is 0.0662 e. The fraction of sp³-hybridized carbons (Fsp3) is 0.824. The fourth-order valence-electron chi connectivity index (χ4n) is 4.84. The lowest BCUT2D eigenvalue weighted by Gasteiger charge is -2.43. The Morgan fingerprint density at radius 1 is 1.35 bits per heavy atom. The van der Waals surface area contributed by atoms with Crippen molar-refractivity contribution < 1.29 is 5.11 Å². The highest BCUT2D eigenvalue weighted by atomic mass is 16.3. The molecule has 20 heavy (non-hydrogen) atoms. The minimum Gasteiger partial charge on any atom is -0.396 e. The summed E-state index contributed by atoms with van der Waals surface area (Å²) in [4.78, 5) is 0. The van der Waals surface area contributed by atoms with Gasteiger partial charge in [0.15, 0.2) is 0 Å². The molecule has 3 aliphatic rings. The van der Waals surface area contributed by atoms with E-state index in [4.69, 9.17) is 5.73 Å². The molecule has 3 N–H and O–H groups in total. The van der Waals surface area contributed by atoms with Crippen molar-refractivity contribution in [3.63, 3.8) is 0 Å². The van der Waals surface area contributed by atoms with E-state index in [1.807, 2.05) is 0 Å². The van der Waals surface area contributed by atoms with Crippen molar-refractivity contribution in [3.05, 3.63) is 12.2 Å². The van der Waals surface area contributed by atoms with Crippen LogP contribution in [0.4, 0.5) is 0 Å². The van der Waals surface area contributed by atoms with E-state index in [1.165, 1.54) is 12.8 Å². The van der Waals surface area contributed by atoms with Crippen LogP contribution in [0.5, 0.6) is 0 Å². The van der Waals surface area contributed by atoms with Crippen LogP contribution < -0.4 is 5.73 Å². The highest BCUT2D eigenvalue weighted by molar-refractivity contribution is 5.25. The second kappa shape index (κ2) is 5.16. The third-order valence-electron chi connectivity index (χ3n) is 6.25. The van der Waals surface area contributed by atoms with Crippen LogP contribution in [0.2, 0.25) is 0 Å². The normalized spacial score (nSPS) is 39.6. The molecular weight excluding hydrogens is 248 g/mol. The van der Waals surface area contributed by atoms with Gasteiger partial charge in [0.05, 0.1) is 18.6 Å². The summed E-state index contributed by atoms with van der Waals surface area (Å²) in [5, 5.41) is 19.3. The van der Waals surface area contributed by atoms with E-state index in [9.17, 15) is 10.4 Å². The maximum atomic E-state index is 9.92. The van der Waals surface area contributed by atoms with Gasteiger partial charge in [-0.1, -0.05) is 31.4 Å². The first-order valence-electron chi connectivity index (χ1n) is 8.08. The molecule has 0 aliphatic heterocycles. The van der Waals surface area contributed by atoms with Gasteiger partial charge in [-0.2, -0.15) is 5.26 Å². The summed E-state index contributed by atoms with van der Waals surface area (Å²) in [7, 11) is 0. The zero-order valence-corrected chi connectivity index (χ0v) is 12.2. The van der Waals surface area contributed by atoms with Crippen LogP contribution in [0, 0.1) is 40.4 Å². The second-order valence-electron chi connectivity index (χ2n) is 7.29. The van der Waals surface area contributed by atoms with Crippen LogP contribution in [0.15, 0.2) is 12.2 Å². The van der Waals surface area contributed by atoms with E-state index in [0.717, 1.165) is 43.6 Å².